The minimum Gasteiger partial charge on any atom is -0.364 e. The summed E-state index contributed by atoms with van der Waals surface area (Å²) in [6.07, 6.45) is 4.37. The summed E-state index contributed by atoms with van der Waals surface area (Å²) in [6.45, 7) is 2.60. The number of hydrogen-bond acceptors (Lipinski definition) is 3. The molecule has 0 aromatic heterocycles. The summed E-state index contributed by atoms with van der Waals surface area (Å²) in [4.78, 5) is 14.4. The van der Waals surface area contributed by atoms with Crippen molar-refractivity contribution in [3.05, 3.63) is 59.4 Å². The number of carbonyl (C=O) groups is 1. The predicted molar refractivity (Wildman–Crippen MR) is 99.0 cm³/mol. The van der Waals surface area contributed by atoms with Crippen molar-refractivity contribution < 1.29 is 9.18 Å². The van der Waals surface area contributed by atoms with E-state index in [0.717, 1.165) is 42.1 Å². The van der Waals surface area contributed by atoms with Crippen LogP contribution in [0.5, 0.6) is 0 Å². The molecule has 0 bridgehead atoms. The van der Waals surface area contributed by atoms with E-state index in [2.05, 4.69) is 21.6 Å². The Balaban J connectivity index is 1.66. The van der Waals surface area contributed by atoms with E-state index >= 15 is 0 Å². The Hall–Kier alpha value is -2.66. The van der Waals surface area contributed by atoms with Crippen molar-refractivity contribution in [3.8, 4) is 0 Å². The molecular formula is C20H20FN3O. The molecule has 128 valence electrons. The van der Waals surface area contributed by atoms with Gasteiger partial charge in [0, 0.05) is 26.1 Å². The minimum absolute atomic E-state index is 0.0560. The lowest BCUT2D eigenvalue weighted by molar-refractivity contribution is -0.116. The van der Waals surface area contributed by atoms with Crippen molar-refractivity contribution in [2.24, 2.45) is 0 Å². The molecule has 2 aromatic carbocycles. The van der Waals surface area contributed by atoms with Gasteiger partial charge in [-0.15, -0.1) is 0 Å². The molecule has 1 saturated heterocycles. The summed E-state index contributed by atoms with van der Waals surface area (Å²) < 4.78 is 13.3. The van der Waals surface area contributed by atoms with E-state index in [1.165, 1.54) is 12.1 Å². The first kappa shape index (κ1) is 15.8. The van der Waals surface area contributed by atoms with E-state index in [4.69, 9.17) is 0 Å². The molecule has 4 nitrogen and oxygen atoms in total. The summed E-state index contributed by atoms with van der Waals surface area (Å²) in [5.41, 5.74) is 3.76. The van der Waals surface area contributed by atoms with Gasteiger partial charge in [-0.2, -0.15) is 0 Å². The minimum atomic E-state index is -0.240. The fraction of sp³-hybridized carbons (Fsp3) is 0.250. The smallest absolute Gasteiger partial charge is 0.226 e. The zero-order valence-corrected chi connectivity index (χ0v) is 13.8. The molecule has 2 aliphatic heterocycles. The van der Waals surface area contributed by atoms with Crippen LogP contribution in [-0.4, -0.2) is 31.6 Å². The highest BCUT2D eigenvalue weighted by Gasteiger charge is 2.29. The van der Waals surface area contributed by atoms with E-state index in [-0.39, 0.29) is 17.8 Å². The van der Waals surface area contributed by atoms with Crippen molar-refractivity contribution in [2.75, 3.05) is 29.9 Å². The summed E-state index contributed by atoms with van der Waals surface area (Å²) >= 11 is 0. The van der Waals surface area contributed by atoms with Gasteiger partial charge in [0.25, 0.3) is 0 Å². The molecule has 4 rings (SSSR count). The quantitative estimate of drug-likeness (QED) is 0.828. The normalized spacial score (nSPS) is 20.0. The molecule has 0 spiro atoms. The monoisotopic (exact) mass is 337 g/mol. The largest absolute Gasteiger partial charge is 0.364 e. The molecule has 0 radical (unpaired) electrons. The summed E-state index contributed by atoms with van der Waals surface area (Å²) in [6, 6.07) is 12.7. The Kier molecular flexibility index (Phi) is 4.24. The maximum absolute atomic E-state index is 13.3. The number of hydrogen-bond donors (Lipinski definition) is 2. The van der Waals surface area contributed by atoms with Gasteiger partial charge >= 0.3 is 0 Å². The first-order valence-corrected chi connectivity index (χ1v) is 8.54. The van der Waals surface area contributed by atoms with Crippen LogP contribution < -0.4 is 15.5 Å². The van der Waals surface area contributed by atoms with E-state index in [1.54, 1.807) is 6.07 Å². The van der Waals surface area contributed by atoms with Crippen LogP contribution in [0.4, 0.5) is 15.8 Å². The average Bonchev–Trinajstić information content (AvgIpc) is 2.75. The summed E-state index contributed by atoms with van der Waals surface area (Å²) in [5.74, 6) is -0.184. The molecule has 2 heterocycles. The van der Waals surface area contributed by atoms with Gasteiger partial charge in [-0.3, -0.25) is 4.79 Å². The van der Waals surface area contributed by atoms with Crippen LogP contribution in [-0.2, 0) is 4.79 Å². The van der Waals surface area contributed by atoms with Gasteiger partial charge in [0.2, 0.25) is 5.91 Å². The zero-order valence-electron chi connectivity index (χ0n) is 13.8. The molecule has 1 atom stereocenters. The Labute approximate surface area is 146 Å². The van der Waals surface area contributed by atoms with Crippen molar-refractivity contribution in [1.29, 1.82) is 0 Å². The molecule has 1 unspecified atom stereocenters. The highest BCUT2D eigenvalue weighted by Crippen LogP contribution is 2.33. The molecule has 2 aliphatic rings. The van der Waals surface area contributed by atoms with Crippen molar-refractivity contribution in [3.63, 3.8) is 0 Å². The standard InChI is InChI=1S/C20H20FN3O/c21-16-3-1-2-14(10-16)4-5-15-6-7-18-19(11-15)24-9-8-22-13-17(24)12-20(25)23-18/h1-7,10-11,17,22H,8-9,12-13H2,(H,23,25)/b5-4+. The molecular weight excluding hydrogens is 317 g/mol. The number of fused-ring (bicyclic) bond motifs is 3. The van der Waals surface area contributed by atoms with Gasteiger partial charge in [-0.1, -0.05) is 30.4 Å². The van der Waals surface area contributed by atoms with Crippen LogP contribution in [0.1, 0.15) is 17.5 Å². The number of piperazine rings is 1. The van der Waals surface area contributed by atoms with Crippen LogP contribution in [0.2, 0.25) is 0 Å². The Bertz CT molecular complexity index is 833. The lowest BCUT2D eigenvalue weighted by atomic mass is 10.1. The van der Waals surface area contributed by atoms with Gasteiger partial charge < -0.3 is 15.5 Å². The van der Waals surface area contributed by atoms with E-state index in [1.807, 2.05) is 30.4 Å². The van der Waals surface area contributed by atoms with Crippen molar-refractivity contribution in [2.45, 2.75) is 12.5 Å². The summed E-state index contributed by atoms with van der Waals surface area (Å²) in [7, 11) is 0. The molecule has 5 heteroatoms. The number of nitrogens with zero attached hydrogens (tertiary/aromatic N) is 1. The number of anilines is 2. The zero-order chi connectivity index (χ0) is 17.2. The molecule has 2 N–H and O–H groups in total. The van der Waals surface area contributed by atoms with Crippen LogP contribution in [0.3, 0.4) is 0 Å². The predicted octanol–water partition coefficient (Wildman–Crippen LogP) is 3.12. The van der Waals surface area contributed by atoms with Crippen LogP contribution in [0.15, 0.2) is 42.5 Å². The Morgan fingerprint density at radius 3 is 2.80 bits per heavy atom. The van der Waals surface area contributed by atoms with Gasteiger partial charge in [-0.05, 0) is 35.4 Å². The second-order valence-corrected chi connectivity index (χ2v) is 6.47. The lowest BCUT2D eigenvalue weighted by Gasteiger charge is -2.36. The SMILES string of the molecule is O=C1CC2CNCCN2c2cc(/C=C/c3cccc(F)c3)ccc2N1. The van der Waals surface area contributed by atoms with E-state index in [0.29, 0.717) is 6.42 Å². The molecule has 0 aliphatic carbocycles. The van der Waals surface area contributed by atoms with E-state index in [9.17, 15) is 9.18 Å². The molecule has 25 heavy (non-hydrogen) atoms. The molecule has 2 aromatic rings. The number of nitrogens with one attached hydrogen (secondary N) is 2. The van der Waals surface area contributed by atoms with Gasteiger partial charge in [0.05, 0.1) is 17.4 Å². The first-order valence-electron chi connectivity index (χ1n) is 8.54. The van der Waals surface area contributed by atoms with Gasteiger partial charge in [0.1, 0.15) is 5.82 Å². The topological polar surface area (TPSA) is 44.4 Å². The third-order valence-electron chi connectivity index (χ3n) is 4.69. The van der Waals surface area contributed by atoms with Crippen LogP contribution in [0.25, 0.3) is 12.2 Å². The average molecular weight is 337 g/mol. The number of carbonyl (C=O) groups excluding carboxylic acids is 1. The Morgan fingerprint density at radius 1 is 1.12 bits per heavy atom. The van der Waals surface area contributed by atoms with Crippen LogP contribution in [0, 0.1) is 5.82 Å². The fourth-order valence-corrected chi connectivity index (χ4v) is 3.47. The van der Waals surface area contributed by atoms with Crippen molar-refractivity contribution >= 4 is 29.4 Å². The van der Waals surface area contributed by atoms with Crippen molar-refractivity contribution in [1.82, 2.24) is 5.32 Å². The van der Waals surface area contributed by atoms with Gasteiger partial charge in [0.15, 0.2) is 0 Å². The third-order valence-corrected chi connectivity index (χ3v) is 4.69. The van der Waals surface area contributed by atoms with Crippen LogP contribution >= 0.6 is 0 Å². The Morgan fingerprint density at radius 2 is 1.96 bits per heavy atom. The fourth-order valence-electron chi connectivity index (χ4n) is 3.47. The molecule has 1 amide bonds. The number of amides is 1. The van der Waals surface area contributed by atoms with Gasteiger partial charge in [-0.25, -0.2) is 4.39 Å². The number of halogens is 1. The maximum atomic E-state index is 13.3. The van der Waals surface area contributed by atoms with E-state index < -0.39 is 0 Å². The second kappa shape index (κ2) is 6.69. The second-order valence-electron chi connectivity index (χ2n) is 6.47. The maximum Gasteiger partial charge on any atom is 0.226 e. The number of benzene rings is 2. The first-order chi connectivity index (χ1) is 12.2. The number of rotatable bonds is 2. The summed E-state index contributed by atoms with van der Waals surface area (Å²) in [5, 5.41) is 6.36. The lowest BCUT2D eigenvalue weighted by Crippen LogP contribution is -2.51. The highest BCUT2D eigenvalue weighted by molar-refractivity contribution is 5.97. The third kappa shape index (κ3) is 3.42. The molecule has 1 fully saturated rings. The highest BCUT2D eigenvalue weighted by atomic mass is 19.1. The molecule has 0 saturated carbocycles.